The van der Waals surface area contributed by atoms with Crippen molar-refractivity contribution in [3.05, 3.63) is 70.8 Å². The second kappa shape index (κ2) is 5.49. The van der Waals surface area contributed by atoms with Crippen molar-refractivity contribution in [3.63, 3.8) is 0 Å². The van der Waals surface area contributed by atoms with E-state index in [0.29, 0.717) is 0 Å². The molecule has 86 valence electrons. The molecule has 0 aliphatic carbocycles. The Kier molecular flexibility index (Phi) is 3.77. The standard InChI is InChI=1S/C17H18/c1-3-15-7-9-16(10-8-15)11-12-17-6-4-5-14(2)13-17/h4-13H,3H2,1-2H3/b12-11+. The summed E-state index contributed by atoms with van der Waals surface area (Å²) < 4.78 is 0. The lowest BCUT2D eigenvalue weighted by molar-refractivity contribution is 1.14. The second-order valence-electron chi connectivity index (χ2n) is 4.34. The molecule has 0 fully saturated rings. The fraction of sp³-hybridized carbons (Fsp3) is 0.176. The molecule has 0 saturated carbocycles. The fourth-order valence-corrected chi connectivity index (χ4v) is 1.83. The number of rotatable bonds is 3. The van der Waals surface area contributed by atoms with Gasteiger partial charge in [0.05, 0.1) is 0 Å². The number of aryl methyl sites for hydroxylation is 2. The van der Waals surface area contributed by atoms with Gasteiger partial charge in [0.2, 0.25) is 0 Å². The van der Waals surface area contributed by atoms with Crippen LogP contribution in [0.2, 0.25) is 0 Å². The predicted octanol–water partition coefficient (Wildman–Crippen LogP) is 4.73. The summed E-state index contributed by atoms with van der Waals surface area (Å²) in [6.45, 7) is 4.30. The largest absolute Gasteiger partial charge is 0.0614 e. The van der Waals surface area contributed by atoms with Crippen LogP contribution in [0, 0.1) is 6.92 Å². The molecular formula is C17H18. The number of hydrogen-bond acceptors (Lipinski definition) is 0. The zero-order chi connectivity index (χ0) is 12.1. The van der Waals surface area contributed by atoms with E-state index in [1.807, 2.05) is 0 Å². The Balaban J connectivity index is 2.14. The lowest BCUT2D eigenvalue weighted by Gasteiger charge is -1.98. The third kappa shape index (κ3) is 3.32. The van der Waals surface area contributed by atoms with Crippen LogP contribution in [-0.2, 0) is 6.42 Å². The maximum absolute atomic E-state index is 2.19. The molecule has 0 aliphatic heterocycles. The minimum absolute atomic E-state index is 1.10. The maximum atomic E-state index is 2.19. The summed E-state index contributed by atoms with van der Waals surface area (Å²) in [7, 11) is 0. The summed E-state index contributed by atoms with van der Waals surface area (Å²) in [5.41, 5.74) is 5.19. The zero-order valence-electron chi connectivity index (χ0n) is 10.5. The van der Waals surface area contributed by atoms with E-state index >= 15 is 0 Å². The normalized spacial score (nSPS) is 10.9. The van der Waals surface area contributed by atoms with Crippen molar-refractivity contribution in [2.24, 2.45) is 0 Å². The molecule has 0 aromatic heterocycles. The van der Waals surface area contributed by atoms with E-state index in [9.17, 15) is 0 Å². The highest BCUT2D eigenvalue weighted by Crippen LogP contribution is 2.11. The van der Waals surface area contributed by atoms with Gasteiger partial charge in [-0.3, -0.25) is 0 Å². The van der Waals surface area contributed by atoms with Crippen molar-refractivity contribution < 1.29 is 0 Å². The zero-order valence-corrected chi connectivity index (χ0v) is 10.5. The van der Waals surface area contributed by atoms with Crippen LogP contribution < -0.4 is 0 Å². The van der Waals surface area contributed by atoms with Crippen molar-refractivity contribution in [3.8, 4) is 0 Å². The third-order valence-corrected chi connectivity index (χ3v) is 2.90. The quantitative estimate of drug-likeness (QED) is 0.659. The first-order valence-electron chi connectivity index (χ1n) is 6.11. The molecule has 0 nitrogen and oxygen atoms in total. The Labute approximate surface area is 104 Å². The minimum Gasteiger partial charge on any atom is -0.0614 e. The topological polar surface area (TPSA) is 0 Å². The van der Waals surface area contributed by atoms with E-state index < -0.39 is 0 Å². The lowest BCUT2D eigenvalue weighted by atomic mass is 10.1. The highest BCUT2D eigenvalue weighted by molar-refractivity contribution is 5.69. The molecule has 2 aromatic carbocycles. The Bertz CT molecular complexity index is 504. The van der Waals surface area contributed by atoms with Gasteiger partial charge >= 0.3 is 0 Å². The fourth-order valence-electron chi connectivity index (χ4n) is 1.83. The summed E-state index contributed by atoms with van der Waals surface area (Å²) in [6.07, 6.45) is 5.42. The van der Waals surface area contributed by atoms with Crippen molar-refractivity contribution in [1.82, 2.24) is 0 Å². The summed E-state index contributed by atoms with van der Waals surface area (Å²) in [5, 5.41) is 0. The van der Waals surface area contributed by atoms with Gasteiger partial charge in [-0.25, -0.2) is 0 Å². The SMILES string of the molecule is CCc1ccc(/C=C/c2cccc(C)c2)cc1. The monoisotopic (exact) mass is 222 g/mol. The summed E-state index contributed by atoms with van der Waals surface area (Å²) >= 11 is 0. The third-order valence-electron chi connectivity index (χ3n) is 2.90. The van der Waals surface area contributed by atoms with Crippen LogP contribution in [0.3, 0.4) is 0 Å². The Morgan fingerprint density at radius 3 is 2.24 bits per heavy atom. The predicted molar refractivity (Wildman–Crippen MR) is 75.9 cm³/mol. The summed E-state index contributed by atoms with van der Waals surface area (Å²) in [6, 6.07) is 17.3. The molecule has 17 heavy (non-hydrogen) atoms. The van der Waals surface area contributed by atoms with E-state index in [4.69, 9.17) is 0 Å². The summed E-state index contributed by atoms with van der Waals surface area (Å²) in [4.78, 5) is 0. The molecule has 0 saturated heterocycles. The lowest BCUT2D eigenvalue weighted by Crippen LogP contribution is -1.79. The Hall–Kier alpha value is -1.82. The van der Waals surface area contributed by atoms with E-state index in [1.165, 1.54) is 22.3 Å². The van der Waals surface area contributed by atoms with Crippen LogP contribution in [0.5, 0.6) is 0 Å². The van der Waals surface area contributed by atoms with Crippen LogP contribution in [-0.4, -0.2) is 0 Å². The van der Waals surface area contributed by atoms with Gasteiger partial charge in [-0.15, -0.1) is 0 Å². The Morgan fingerprint density at radius 2 is 1.59 bits per heavy atom. The molecule has 0 aliphatic rings. The van der Waals surface area contributed by atoms with E-state index in [0.717, 1.165) is 6.42 Å². The van der Waals surface area contributed by atoms with E-state index in [1.54, 1.807) is 0 Å². The molecule has 0 unspecified atom stereocenters. The molecular weight excluding hydrogens is 204 g/mol. The smallest absolute Gasteiger partial charge is 0.0254 e. The van der Waals surface area contributed by atoms with Gasteiger partial charge in [0.15, 0.2) is 0 Å². The van der Waals surface area contributed by atoms with Crippen LogP contribution in [0.4, 0.5) is 0 Å². The van der Waals surface area contributed by atoms with E-state index in [-0.39, 0.29) is 0 Å². The van der Waals surface area contributed by atoms with Crippen LogP contribution in [0.15, 0.2) is 48.5 Å². The molecule has 2 rings (SSSR count). The molecule has 0 bridgehead atoms. The molecule has 0 amide bonds. The molecule has 0 N–H and O–H groups in total. The van der Waals surface area contributed by atoms with Gasteiger partial charge in [-0.05, 0) is 30.0 Å². The van der Waals surface area contributed by atoms with Gasteiger partial charge in [-0.2, -0.15) is 0 Å². The molecule has 0 heterocycles. The summed E-state index contributed by atoms with van der Waals surface area (Å²) in [5.74, 6) is 0. The van der Waals surface area contributed by atoms with E-state index in [2.05, 4.69) is 74.5 Å². The van der Waals surface area contributed by atoms with Gasteiger partial charge in [0.25, 0.3) is 0 Å². The van der Waals surface area contributed by atoms with Crippen molar-refractivity contribution in [1.29, 1.82) is 0 Å². The van der Waals surface area contributed by atoms with Crippen molar-refractivity contribution in [2.75, 3.05) is 0 Å². The molecule has 0 radical (unpaired) electrons. The van der Waals surface area contributed by atoms with Gasteiger partial charge < -0.3 is 0 Å². The van der Waals surface area contributed by atoms with Crippen LogP contribution in [0.1, 0.15) is 29.2 Å². The second-order valence-corrected chi connectivity index (χ2v) is 4.34. The number of benzene rings is 2. The number of hydrogen-bond donors (Lipinski definition) is 0. The Morgan fingerprint density at radius 1 is 0.882 bits per heavy atom. The first kappa shape index (κ1) is 11.7. The molecule has 0 spiro atoms. The van der Waals surface area contributed by atoms with Gasteiger partial charge in [0.1, 0.15) is 0 Å². The average Bonchev–Trinajstić information content (AvgIpc) is 2.37. The maximum Gasteiger partial charge on any atom is -0.0254 e. The highest BCUT2D eigenvalue weighted by Gasteiger charge is 1.90. The van der Waals surface area contributed by atoms with Crippen molar-refractivity contribution >= 4 is 12.2 Å². The molecule has 0 heteroatoms. The van der Waals surface area contributed by atoms with Gasteiger partial charge in [-0.1, -0.05) is 73.2 Å². The molecule has 0 atom stereocenters. The highest BCUT2D eigenvalue weighted by atomic mass is 14.0. The first-order valence-corrected chi connectivity index (χ1v) is 6.11. The molecule has 2 aromatic rings. The first-order chi connectivity index (χ1) is 8.28. The minimum atomic E-state index is 1.10. The van der Waals surface area contributed by atoms with Crippen LogP contribution in [0.25, 0.3) is 12.2 Å². The van der Waals surface area contributed by atoms with Gasteiger partial charge in [0, 0.05) is 0 Å². The van der Waals surface area contributed by atoms with Crippen molar-refractivity contribution in [2.45, 2.75) is 20.3 Å². The average molecular weight is 222 g/mol. The van der Waals surface area contributed by atoms with Crippen LogP contribution >= 0.6 is 0 Å².